The van der Waals surface area contributed by atoms with Gasteiger partial charge in [0.25, 0.3) is 0 Å². The van der Waals surface area contributed by atoms with Gasteiger partial charge >= 0.3 is 0 Å². The molecule has 1 aromatic heterocycles. The van der Waals surface area contributed by atoms with E-state index in [4.69, 9.17) is 4.74 Å². The third kappa shape index (κ3) is 4.65. The van der Waals surface area contributed by atoms with Crippen molar-refractivity contribution in [2.24, 2.45) is 0 Å². The highest BCUT2D eigenvalue weighted by molar-refractivity contribution is 7.89. The van der Waals surface area contributed by atoms with Gasteiger partial charge in [0.05, 0.1) is 24.5 Å². The van der Waals surface area contributed by atoms with E-state index in [9.17, 15) is 17.6 Å². The van der Waals surface area contributed by atoms with Gasteiger partial charge in [0.15, 0.2) is 0 Å². The molecular formula is C20H27FN4O4S. The van der Waals surface area contributed by atoms with E-state index in [2.05, 4.69) is 10.4 Å². The Labute approximate surface area is 176 Å². The Morgan fingerprint density at radius 1 is 1.37 bits per heavy atom. The normalized spacial score (nSPS) is 18.0. The molecule has 0 radical (unpaired) electrons. The van der Waals surface area contributed by atoms with E-state index in [1.165, 1.54) is 25.1 Å². The molecule has 0 bridgehead atoms. The van der Waals surface area contributed by atoms with Crippen molar-refractivity contribution in [3.05, 3.63) is 41.8 Å². The number of nitrogens with one attached hydrogen (secondary N) is 1. The lowest BCUT2D eigenvalue weighted by atomic mass is 9.89. The SMILES string of the molecule is CCn1nccc1NC(=O)CN(C1CC(C)(C)Oc2ccc(F)cc21)S(=O)(=O)CC. The highest BCUT2D eigenvalue weighted by Crippen LogP contribution is 2.43. The summed E-state index contributed by atoms with van der Waals surface area (Å²) < 4.78 is 48.6. The van der Waals surface area contributed by atoms with Crippen molar-refractivity contribution in [3.63, 3.8) is 0 Å². The van der Waals surface area contributed by atoms with Gasteiger partial charge in [0.2, 0.25) is 15.9 Å². The van der Waals surface area contributed by atoms with E-state index in [1.54, 1.807) is 16.9 Å². The molecular weight excluding hydrogens is 411 g/mol. The molecule has 1 amide bonds. The third-order valence-corrected chi connectivity index (χ3v) is 6.88. The van der Waals surface area contributed by atoms with Crippen LogP contribution in [0.2, 0.25) is 0 Å². The third-order valence-electron chi connectivity index (χ3n) is 5.05. The molecule has 3 rings (SSSR count). The van der Waals surface area contributed by atoms with Gasteiger partial charge in [-0.05, 0) is 45.9 Å². The van der Waals surface area contributed by atoms with Crippen LogP contribution in [-0.4, -0.2) is 46.3 Å². The molecule has 8 nitrogen and oxygen atoms in total. The number of hydrogen-bond donors (Lipinski definition) is 1. The van der Waals surface area contributed by atoms with Crippen molar-refractivity contribution < 1.29 is 22.3 Å². The lowest BCUT2D eigenvalue weighted by molar-refractivity contribution is -0.117. The maximum absolute atomic E-state index is 14.0. The van der Waals surface area contributed by atoms with Gasteiger partial charge < -0.3 is 10.1 Å². The summed E-state index contributed by atoms with van der Waals surface area (Å²) >= 11 is 0. The topological polar surface area (TPSA) is 93.5 Å². The number of nitrogens with zero attached hydrogens (tertiary/aromatic N) is 3. The maximum atomic E-state index is 14.0. The van der Waals surface area contributed by atoms with Crippen LogP contribution in [-0.2, 0) is 21.4 Å². The Kier molecular flexibility index (Phi) is 6.19. The van der Waals surface area contributed by atoms with Crippen LogP contribution in [0.1, 0.15) is 45.7 Å². The van der Waals surface area contributed by atoms with Gasteiger partial charge in [-0.25, -0.2) is 17.5 Å². The highest BCUT2D eigenvalue weighted by Gasteiger charge is 2.41. The zero-order chi connectivity index (χ0) is 22.1. The van der Waals surface area contributed by atoms with Crippen LogP contribution in [0.4, 0.5) is 10.2 Å². The van der Waals surface area contributed by atoms with E-state index in [1.807, 2.05) is 20.8 Å². The van der Waals surface area contributed by atoms with Gasteiger partial charge in [-0.15, -0.1) is 0 Å². The number of rotatable bonds is 7. The van der Waals surface area contributed by atoms with E-state index >= 15 is 0 Å². The van der Waals surface area contributed by atoms with Crippen LogP contribution >= 0.6 is 0 Å². The Balaban J connectivity index is 1.96. The number of benzene rings is 1. The first-order valence-electron chi connectivity index (χ1n) is 9.86. The molecule has 30 heavy (non-hydrogen) atoms. The van der Waals surface area contributed by atoms with Gasteiger partial charge in [-0.1, -0.05) is 0 Å². The zero-order valence-electron chi connectivity index (χ0n) is 17.6. The summed E-state index contributed by atoms with van der Waals surface area (Å²) in [7, 11) is -3.78. The first-order valence-corrected chi connectivity index (χ1v) is 11.5. The fourth-order valence-corrected chi connectivity index (χ4v) is 4.85. The Morgan fingerprint density at radius 3 is 2.77 bits per heavy atom. The van der Waals surface area contributed by atoms with Gasteiger partial charge in [-0.3, -0.25) is 4.79 Å². The summed E-state index contributed by atoms with van der Waals surface area (Å²) in [5, 5.41) is 6.81. The second kappa shape index (κ2) is 8.35. The number of sulfonamides is 1. The van der Waals surface area contributed by atoms with Crippen molar-refractivity contribution in [2.45, 2.75) is 52.3 Å². The van der Waals surface area contributed by atoms with E-state index in [0.29, 0.717) is 23.7 Å². The number of carbonyl (C=O) groups excluding carboxylic acids is 1. The minimum atomic E-state index is -3.78. The van der Waals surface area contributed by atoms with Crippen molar-refractivity contribution in [2.75, 3.05) is 17.6 Å². The number of hydrogen-bond acceptors (Lipinski definition) is 5. The first-order chi connectivity index (χ1) is 14.1. The fraction of sp³-hybridized carbons (Fsp3) is 0.500. The van der Waals surface area contributed by atoms with Crippen molar-refractivity contribution in [1.29, 1.82) is 0 Å². The standard InChI is InChI=1S/C20H27FN4O4S/c1-5-24-18(9-10-22-24)23-19(26)13-25(30(27,28)6-2)16-12-20(3,4)29-17-8-7-14(21)11-15(16)17/h7-11,16H,5-6,12-13H2,1-4H3,(H,23,26). The van der Waals surface area contributed by atoms with Crippen molar-refractivity contribution in [1.82, 2.24) is 14.1 Å². The first kappa shape index (κ1) is 22.2. The minimum Gasteiger partial charge on any atom is -0.487 e. The van der Waals surface area contributed by atoms with E-state index in [0.717, 1.165) is 4.31 Å². The van der Waals surface area contributed by atoms with Crippen LogP contribution in [0.3, 0.4) is 0 Å². The van der Waals surface area contributed by atoms with Crippen LogP contribution in [0.15, 0.2) is 30.5 Å². The molecule has 2 heterocycles. The number of amides is 1. The number of fused-ring (bicyclic) bond motifs is 1. The number of aryl methyl sites for hydroxylation is 1. The monoisotopic (exact) mass is 438 g/mol. The molecule has 10 heteroatoms. The predicted molar refractivity (Wildman–Crippen MR) is 111 cm³/mol. The maximum Gasteiger partial charge on any atom is 0.240 e. The molecule has 0 aliphatic carbocycles. The molecule has 1 aromatic carbocycles. The molecule has 1 unspecified atom stereocenters. The molecule has 0 saturated heterocycles. The fourth-order valence-electron chi connectivity index (χ4n) is 3.63. The average Bonchev–Trinajstić information content (AvgIpc) is 3.12. The summed E-state index contributed by atoms with van der Waals surface area (Å²) in [4.78, 5) is 12.8. The Hall–Kier alpha value is -2.46. The van der Waals surface area contributed by atoms with E-state index < -0.39 is 39.9 Å². The van der Waals surface area contributed by atoms with Crippen LogP contribution in [0, 0.1) is 5.82 Å². The lowest BCUT2D eigenvalue weighted by Gasteiger charge is -2.41. The summed E-state index contributed by atoms with van der Waals surface area (Å²) in [5.41, 5.74) is -0.272. The Morgan fingerprint density at radius 2 is 2.10 bits per heavy atom. The van der Waals surface area contributed by atoms with Gasteiger partial charge in [0.1, 0.15) is 23.0 Å². The summed E-state index contributed by atoms with van der Waals surface area (Å²) in [6, 6.07) is 4.95. The zero-order valence-corrected chi connectivity index (χ0v) is 18.4. The van der Waals surface area contributed by atoms with Gasteiger partial charge in [0, 0.05) is 24.6 Å². The summed E-state index contributed by atoms with van der Waals surface area (Å²) in [6.07, 6.45) is 1.84. The number of halogens is 1. The molecule has 0 fully saturated rings. The molecule has 2 aromatic rings. The smallest absolute Gasteiger partial charge is 0.240 e. The molecule has 0 saturated carbocycles. The lowest BCUT2D eigenvalue weighted by Crippen LogP contribution is -2.47. The molecule has 1 aliphatic rings. The van der Waals surface area contributed by atoms with Crippen LogP contribution in [0.25, 0.3) is 0 Å². The second-order valence-corrected chi connectivity index (χ2v) is 10.0. The molecule has 1 aliphatic heterocycles. The van der Waals surface area contributed by atoms with Gasteiger partial charge in [-0.2, -0.15) is 9.40 Å². The number of anilines is 1. The van der Waals surface area contributed by atoms with E-state index in [-0.39, 0.29) is 12.2 Å². The largest absolute Gasteiger partial charge is 0.487 e. The van der Waals surface area contributed by atoms with Crippen molar-refractivity contribution in [3.8, 4) is 5.75 Å². The predicted octanol–water partition coefficient (Wildman–Crippen LogP) is 2.93. The van der Waals surface area contributed by atoms with Crippen LogP contribution in [0.5, 0.6) is 5.75 Å². The Bertz CT molecular complexity index is 1040. The summed E-state index contributed by atoms with van der Waals surface area (Å²) in [6.45, 7) is 7.23. The molecule has 1 atom stereocenters. The van der Waals surface area contributed by atoms with Crippen LogP contribution < -0.4 is 10.1 Å². The number of aromatic nitrogens is 2. The quantitative estimate of drug-likeness (QED) is 0.717. The minimum absolute atomic E-state index is 0.185. The second-order valence-electron chi connectivity index (χ2n) is 7.79. The number of carbonyl (C=O) groups is 1. The number of ether oxygens (including phenoxy) is 1. The van der Waals surface area contributed by atoms with Crippen molar-refractivity contribution >= 4 is 21.7 Å². The summed E-state index contributed by atoms with van der Waals surface area (Å²) in [5.74, 6) is -0.277. The molecule has 164 valence electrons. The molecule has 1 N–H and O–H groups in total. The average molecular weight is 439 g/mol. The molecule has 0 spiro atoms. The highest BCUT2D eigenvalue weighted by atomic mass is 32.2.